The van der Waals surface area contributed by atoms with Gasteiger partial charge in [0.05, 0.1) is 30.4 Å². The van der Waals surface area contributed by atoms with Crippen LogP contribution in [-0.4, -0.2) is 23.9 Å². The summed E-state index contributed by atoms with van der Waals surface area (Å²) in [5, 5.41) is 19.5. The van der Waals surface area contributed by atoms with Crippen LogP contribution in [-0.2, 0) is 9.59 Å². The van der Waals surface area contributed by atoms with E-state index in [1.807, 2.05) is 6.07 Å². The summed E-state index contributed by atoms with van der Waals surface area (Å²) in [5.74, 6) is -1.21. The number of amides is 1. The van der Waals surface area contributed by atoms with Crippen molar-refractivity contribution in [2.24, 2.45) is 5.92 Å². The number of hydrogen-bond acceptors (Lipinski definition) is 5. The van der Waals surface area contributed by atoms with Gasteiger partial charge in [-0.2, -0.15) is 5.26 Å². The number of nitrogens with zero attached hydrogens (tertiary/aromatic N) is 2. The second-order valence-electron chi connectivity index (χ2n) is 6.79. The van der Waals surface area contributed by atoms with Crippen LogP contribution in [0.3, 0.4) is 0 Å². The number of carbonyl (C=O) groups is 2. The van der Waals surface area contributed by atoms with Crippen molar-refractivity contribution in [3.8, 4) is 11.8 Å². The molecule has 3 rings (SSSR count). The molecule has 6 nitrogen and oxygen atoms in total. The predicted octanol–water partition coefficient (Wildman–Crippen LogP) is 3.69. The van der Waals surface area contributed by atoms with E-state index in [2.05, 4.69) is 0 Å². The minimum Gasteiger partial charge on any atom is -0.503 e. The molecule has 0 aliphatic carbocycles. The second-order valence-corrected chi connectivity index (χ2v) is 6.79. The Morgan fingerprint density at radius 3 is 2.25 bits per heavy atom. The highest BCUT2D eigenvalue weighted by atomic mass is 16.5. The highest BCUT2D eigenvalue weighted by Crippen LogP contribution is 2.42. The number of carbonyl (C=O) groups excluding carboxylic acids is 2. The van der Waals surface area contributed by atoms with E-state index in [0.717, 1.165) is 0 Å². The van der Waals surface area contributed by atoms with Crippen molar-refractivity contribution in [2.75, 3.05) is 12.0 Å². The number of ether oxygens (including phenoxy) is 1. The fraction of sp³-hybridized carbons (Fsp3) is 0.227. The fourth-order valence-electron chi connectivity index (χ4n) is 3.23. The third kappa shape index (κ3) is 3.23. The molecule has 6 heteroatoms. The van der Waals surface area contributed by atoms with Crippen LogP contribution in [0.2, 0.25) is 0 Å². The van der Waals surface area contributed by atoms with Gasteiger partial charge in [0, 0.05) is 11.6 Å². The lowest BCUT2D eigenvalue weighted by molar-refractivity contribution is -0.119. The summed E-state index contributed by atoms with van der Waals surface area (Å²) in [6.45, 7) is 3.45. The molecule has 1 amide bonds. The molecular weight excluding hydrogens is 356 g/mol. The molecule has 1 aliphatic heterocycles. The van der Waals surface area contributed by atoms with E-state index in [1.165, 1.54) is 4.90 Å². The normalized spacial score (nSPS) is 16.5. The smallest absolute Gasteiger partial charge is 0.294 e. The number of ketones is 1. The van der Waals surface area contributed by atoms with Gasteiger partial charge in [0.1, 0.15) is 5.75 Å². The van der Waals surface area contributed by atoms with Gasteiger partial charge in [-0.25, -0.2) is 0 Å². The van der Waals surface area contributed by atoms with Gasteiger partial charge in [-0.3, -0.25) is 14.5 Å². The summed E-state index contributed by atoms with van der Waals surface area (Å²) < 4.78 is 5.18. The molecule has 0 aromatic heterocycles. The molecule has 0 saturated carbocycles. The first-order valence-corrected chi connectivity index (χ1v) is 8.84. The van der Waals surface area contributed by atoms with Crippen LogP contribution >= 0.6 is 0 Å². The minimum atomic E-state index is -0.763. The first-order chi connectivity index (χ1) is 13.4. The van der Waals surface area contributed by atoms with Crippen LogP contribution in [0, 0.1) is 17.2 Å². The number of methoxy groups -OCH3 is 1. The van der Waals surface area contributed by atoms with Crippen molar-refractivity contribution in [3.63, 3.8) is 0 Å². The molecule has 28 heavy (non-hydrogen) atoms. The van der Waals surface area contributed by atoms with Gasteiger partial charge in [0.25, 0.3) is 5.91 Å². The lowest BCUT2D eigenvalue weighted by Crippen LogP contribution is -2.31. The monoisotopic (exact) mass is 376 g/mol. The Morgan fingerprint density at radius 2 is 1.75 bits per heavy atom. The number of hydrogen-bond donors (Lipinski definition) is 1. The largest absolute Gasteiger partial charge is 0.503 e. The summed E-state index contributed by atoms with van der Waals surface area (Å²) >= 11 is 0. The van der Waals surface area contributed by atoms with Gasteiger partial charge in [0.15, 0.2) is 11.5 Å². The Kier molecular flexibility index (Phi) is 5.18. The van der Waals surface area contributed by atoms with Crippen molar-refractivity contribution >= 4 is 17.4 Å². The number of nitriles is 1. The maximum absolute atomic E-state index is 12.9. The van der Waals surface area contributed by atoms with Gasteiger partial charge in [0.2, 0.25) is 0 Å². The van der Waals surface area contributed by atoms with Crippen LogP contribution in [0.4, 0.5) is 5.69 Å². The van der Waals surface area contributed by atoms with Crippen LogP contribution < -0.4 is 9.64 Å². The summed E-state index contributed by atoms with van der Waals surface area (Å²) in [6, 6.07) is 14.7. The van der Waals surface area contributed by atoms with Crippen LogP contribution in [0.15, 0.2) is 59.9 Å². The lowest BCUT2D eigenvalue weighted by atomic mass is 9.91. The molecule has 0 bridgehead atoms. The number of aliphatic hydroxyl groups is 1. The Labute approximate surface area is 163 Å². The molecule has 0 radical (unpaired) electrons. The van der Waals surface area contributed by atoms with E-state index in [9.17, 15) is 14.7 Å². The SMILES string of the molecule is COc1ccc(C2C(C(=O)C(C)C)=C(O)C(=O)N2c2ccc(C#N)cc2)cc1. The van der Waals surface area contributed by atoms with Gasteiger partial charge in [-0.15, -0.1) is 0 Å². The Bertz CT molecular complexity index is 983. The Morgan fingerprint density at radius 1 is 1.14 bits per heavy atom. The standard InChI is InChI=1S/C22H20N2O4/c1-13(2)20(25)18-19(15-6-10-17(28-3)11-7-15)24(22(27)21(18)26)16-8-4-14(12-23)5-9-16/h4-11,13,19,26H,1-3H3. The van der Waals surface area contributed by atoms with Crippen LogP contribution in [0.1, 0.15) is 31.0 Å². The number of aliphatic hydroxyl groups excluding tert-OH is 1. The molecule has 1 heterocycles. The van der Waals surface area contributed by atoms with Crippen LogP contribution in [0.5, 0.6) is 5.75 Å². The zero-order valence-corrected chi connectivity index (χ0v) is 15.8. The molecule has 2 aromatic carbocycles. The van der Waals surface area contributed by atoms with E-state index < -0.39 is 17.7 Å². The maximum atomic E-state index is 12.9. The highest BCUT2D eigenvalue weighted by molar-refractivity contribution is 6.16. The van der Waals surface area contributed by atoms with Crippen molar-refractivity contribution in [1.82, 2.24) is 0 Å². The third-order valence-electron chi connectivity index (χ3n) is 4.70. The number of rotatable bonds is 5. The van der Waals surface area contributed by atoms with Crippen molar-refractivity contribution in [2.45, 2.75) is 19.9 Å². The second kappa shape index (κ2) is 7.57. The summed E-state index contributed by atoms with van der Waals surface area (Å²) in [4.78, 5) is 27.1. The molecule has 1 unspecified atom stereocenters. The Balaban J connectivity index is 2.15. The van der Waals surface area contributed by atoms with E-state index in [-0.39, 0.29) is 17.3 Å². The average molecular weight is 376 g/mol. The first-order valence-electron chi connectivity index (χ1n) is 8.84. The van der Waals surface area contributed by atoms with Crippen molar-refractivity contribution < 1.29 is 19.4 Å². The fourth-order valence-corrected chi connectivity index (χ4v) is 3.23. The van der Waals surface area contributed by atoms with Gasteiger partial charge in [-0.1, -0.05) is 26.0 Å². The molecule has 1 atom stereocenters. The topological polar surface area (TPSA) is 90.6 Å². The molecular formula is C22H20N2O4. The zero-order valence-electron chi connectivity index (χ0n) is 15.8. The molecule has 142 valence electrons. The summed E-state index contributed by atoms with van der Waals surface area (Å²) in [6.07, 6.45) is 0. The number of benzene rings is 2. The van der Waals surface area contributed by atoms with Crippen molar-refractivity contribution in [3.05, 3.63) is 71.0 Å². The molecule has 0 saturated heterocycles. The van der Waals surface area contributed by atoms with Gasteiger partial charge >= 0.3 is 0 Å². The minimum absolute atomic E-state index is 0.0783. The van der Waals surface area contributed by atoms with E-state index in [0.29, 0.717) is 22.6 Å². The molecule has 1 aliphatic rings. The van der Waals surface area contributed by atoms with Gasteiger partial charge in [-0.05, 0) is 42.0 Å². The summed E-state index contributed by atoms with van der Waals surface area (Å²) in [7, 11) is 1.55. The third-order valence-corrected chi connectivity index (χ3v) is 4.70. The molecule has 2 aromatic rings. The maximum Gasteiger partial charge on any atom is 0.294 e. The predicted molar refractivity (Wildman–Crippen MR) is 104 cm³/mol. The van der Waals surface area contributed by atoms with E-state index in [4.69, 9.17) is 10.00 Å². The highest BCUT2D eigenvalue weighted by Gasteiger charge is 2.44. The summed E-state index contributed by atoms with van der Waals surface area (Å²) in [5.41, 5.74) is 1.69. The lowest BCUT2D eigenvalue weighted by Gasteiger charge is -2.27. The molecule has 0 fully saturated rings. The zero-order chi connectivity index (χ0) is 20.4. The average Bonchev–Trinajstić information content (AvgIpc) is 2.98. The first kappa shape index (κ1) is 19.2. The van der Waals surface area contributed by atoms with E-state index in [1.54, 1.807) is 69.5 Å². The molecule has 0 spiro atoms. The van der Waals surface area contributed by atoms with Crippen molar-refractivity contribution in [1.29, 1.82) is 5.26 Å². The quantitative estimate of drug-likeness (QED) is 0.859. The number of anilines is 1. The van der Waals surface area contributed by atoms with E-state index >= 15 is 0 Å². The van der Waals surface area contributed by atoms with Gasteiger partial charge < -0.3 is 9.84 Å². The number of Topliss-reactive ketones (excluding diaryl/α,β-unsaturated/α-hetero) is 1. The molecule has 1 N–H and O–H groups in total. The Hall–Kier alpha value is -3.59. The van der Waals surface area contributed by atoms with Crippen LogP contribution in [0.25, 0.3) is 0 Å².